The fraction of sp³-hybridized carbons (Fsp3) is 0.400. The number of nitrogens with two attached hydrogens (primary N) is 1. The van der Waals surface area contributed by atoms with Crippen molar-refractivity contribution in [2.45, 2.75) is 12.5 Å². The van der Waals surface area contributed by atoms with Gasteiger partial charge in [0.1, 0.15) is 5.75 Å². The van der Waals surface area contributed by atoms with E-state index in [9.17, 15) is 0 Å². The molecule has 1 aromatic carbocycles. The Kier molecular flexibility index (Phi) is 4.72. The normalized spacial score (nSPS) is 12.5. The van der Waals surface area contributed by atoms with Gasteiger partial charge in [-0.3, -0.25) is 0 Å². The second-order valence-corrected chi connectivity index (χ2v) is 3.26. The minimum Gasteiger partial charge on any atom is -0.494 e. The van der Waals surface area contributed by atoms with Crippen LogP contribution in [0.2, 0.25) is 0 Å². The van der Waals surface area contributed by atoms with Gasteiger partial charge in [0.05, 0.1) is 6.61 Å². The Bertz CT molecular complexity index is 228. The van der Waals surface area contributed by atoms with E-state index >= 15 is 0 Å². The minimum atomic E-state index is 0.132. The summed E-state index contributed by atoms with van der Waals surface area (Å²) in [6.45, 7) is 0.658. The third-order valence-electron chi connectivity index (χ3n) is 1.74. The molecule has 3 heteroatoms. The van der Waals surface area contributed by atoms with Crippen molar-refractivity contribution >= 4 is 12.6 Å². The van der Waals surface area contributed by atoms with Crippen LogP contribution in [0.3, 0.4) is 0 Å². The summed E-state index contributed by atoms with van der Waals surface area (Å²) in [5.41, 5.74) is 5.68. The molecule has 0 aliphatic heterocycles. The number of hydrogen-bond donors (Lipinski definition) is 2. The van der Waals surface area contributed by atoms with Crippen molar-refractivity contribution in [1.29, 1.82) is 0 Å². The lowest BCUT2D eigenvalue weighted by Crippen LogP contribution is -2.24. The highest BCUT2D eigenvalue weighted by Gasteiger charge is 1.99. The number of thiol groups is 1. The lowest BCUT2D eigenvalue weighted by molar-refractivity contribution is 0.302. The molecular weight excluding hydrogens is 182 g/mol. The van der Waals surface area contributed by atoms with E-state index in [2.05, 4.69) is 12.6 Å². The van der Waals surface area contributed by atoms with Gasteiger partial charge in [0.25, 0.3) is 0 Å². The van der Waals surface area contributed by atoms with Crippen LogP contribution in [-0.4, -0.2) is 18.4 Å². The first-order valence-corrected chi connectivity index (χ1v) is 5.00. The second kappa shape index (κ2) is 5.89. The largest absolute Gasteiger partial charge is 0.494 e. The van der Waals surface area contributed by atoms with Gasteiger partial charge < -0.3 is 10.5 Å². The molecule has 1 rings (SSSR count). The molecule has 0 heterocycles. The monoisotopic (exact) mass is 197 g/mol. The summed E-state index contributed by atoms with van der Waals surface area (Å²) in [4.78, 5) is 0. The van der Waals surface area contributed by atoms with Crippen LogP contribution in [-0.2, 0) is 0 Å². The van der Waals surface area contributed by atoms with Gasteiger partial charge >= 0.3 is 0 Å². The Morgan fingerprint density at radius 1 is 1.31 bits per heavy atom. The van der Waals surface area contributed by atoms with E-state index in [0.29, 0.717) is 12.4 Å². The number of rotatable bonds is 5. The maximum absolute atomic E-state index is 5.68. The fourth-order valence-corrected chi connectivity index (χ4v) is 1.12. The van der Waals surface area contributed by atoms with Gasteiger partial charge in [0.15, 0.2) is 0 Å². The van der Waals surface area contributed by atoms with Gasteiger partial charge in [-0.25, -0.2) is 0 Å². The van der Waals surface area contributed by atoms with E-state index in [-0.39, 0.29) is 6.04 Å². The third-order valence-corrected chi connectivity index (χ3v) is 2.20. The van der Waals surface area contributed by atoms with Crippen molar-refractivity contribution in [2.24, 2.45) is 5.73 Å². The first-order valence-electron chi connectivity index (χ1n) is 4.37. The fourth-order valence-electron chi connectivity index (χ4n) is 0.936. The molecule has 72 valence electrons. The minimum absolute atomic E-state index is 0.132. The summed E-state index contributed by atoms with van der Waals surface area (Å²) < 4.78 is 5.46. The molecule has 0 aliphatic rings. The molecule has 13 heavy (non-hydrogen) atoms. The maximum atomic E-state index is 5.68. The average molecular weight is 197 g/mol. The summed E-state index contributed by atoms with van der Waals surface area (Å²) in [6.07, 6.45) is 0.846. The molecule has 1 unspecified atom stereocenters. The van der Waals surface area contributed by atoms with E-state index in [1.807, 2.05) is 30.3 Å². The molecule has 0 fully saturated rings. The van der Waals surface area contributed by atoms with Gasteiger partial charge in [0.2, 0.25) is 0 Å². The SMILES string of the molecule is NC(CS)CCOc1ccccc1. The Morgan fingerprint density at radius 3 is 2.62 bits per heavy atom. The van der Waals surface area contributed by atoms with Gasteiger partial charge in [-0.15, -0.1) is 0 Å². The molecule has 2 nitrogen and oxygen atoms in total. The molecular formula is C10H15NOS. The number of ether oxygens (including phenoxy) is 1. The average Bonchev–Trinajstić information content (AvgIpc) is 2.19. The molecule has 0 amide bonds. The van der Waals surface area contributed by atoms with E-state index < -0.39 is 0 Å². The van der Waals surface area contributed by atoms with Crippen molar-refractivity contribution in [3.63, 3.8) is 0 Å². The van der Waals surface area contributed by atoms with Crippen LogP contribution in [0, 0.1) is 0 Å². The first-order chi connectivity index (χ1) is 6.33. The smallest absolute Gasteiger partial charge is 0.119 e. The van der Waals surface area contributed by atoms with Gasteiger partial charge in [0, 0.05) is 11.8 Å². The summed E-state index contributed by atoms with van der Waals surface area (Å²) in [6, 6.07) is 9.87. The predicted octanol–water partition coefficient (Wildman–Crippen LogP) is 1.71. The van der Waals surface area contributed by atoms with Crippen LogP contribution in [0.4, 0.5) is 0 Å². The van der Waals surface area contributed by atoms with Crippen molar-refractivity contribution in [2.75, 3.05) is 12.4 Å². The van der Waals surface area contributed by atoms with Crippen LogP contribution >= 0.6 is 12.6 Å². The van der Waals surface area contributed by atoms with E-state index in [4.69, 9.17) is 10.5 Å². The maximum Gasteiger partial charge on any atom is 0.119 e. The highest BCUT2D eigenvalue weighted by atomic mass is 32.1. The summed E-state index contributed by atoms with van der Waals surface area (Å²) in [5, 5.41) is 0. The molecule has 1 aromatic rings. The van der Waals surface area contributed by atoms with Crippen LogP contribution < -0.4 is 10.5 Å². The van der Waals surface area contributed by atoms with Gasteiger partial charge in [-0.05, 0) is 18.6 Å². The first kappa shape index (κ1) is 10.4. The van der Waals surface area contributed by atoms with E-state index in [1.54, 1.807) is 0 Å². The standard InChI is InChI=1S/C10H15NOS/c11-9(8-13)6-7-12-10-4-2-1-3-5-10/h1-5,9,13H,6-8,11H2. The third kappa shape index (κ3) is 4.20. The van der Waals surface area contributed by atoms with E-state index in [1.165, 1.54) is 0 Å². The highest BCUT2D eigenvalue weighted by Crippen LogP contribution is 2.08. The zero-order valence-corrected chi connectivity index (χ0v) is 8.41. The second-order valence-electron chi connectivity index (χ2n) is 2.89. The zero-order valence-electron chi connectivity index (χ0n) is 7.52. The number of hydrogen-bond acceptors (Lipinski definition) is 3. The topological polar surface area (TPSA) is 35.2 Å². The lowest BCUT2D eigenvalue weighted by Gasteiger charge is -2.09. The molecule has 1 atom stereocenters. The summed E-state index contributed by atoms with van der Waals surface area (Å²) >= 11 is 4.10. The van der Waals surface area contributed by atoms with Crippen LogP contribution in [0.1, 0.15) is 6.42 Å². The molecule has 0 radical (unpaired) electrons. The summed E-state index contributed by atoms with van der Waals surface area (Å²) in [5.74, 6) is 1.60. The number of para-hydroxylation sites is 1. The Morgan fingerprint density at radius 2 is 2.00 bits per heavy atom. The molecule has 0 spiro atoms. The number of benzene rings is 1. The quantitative estimate of drug-likeness (QED) is 0.705. The Balaban J connectivity index is 2.20. The Labute approximate surface area is 84.5 Å². The summed E-state index contributed by atoms with van der Waals surface area (Å²) in [7, 11) is 0. The zero-order chi connectivity index (χ0) is 9.52. The molecule has 0 saturated heterocycles. The Hall–Kier alpha value is -0.670. The predicted molar refractivity (Wildman–Crippen MR) is 58.4 cm³/mol. The van der Waals surface area contributed by atoms with Crippen molar-refractivity contribution in [3.05, 3.63) is 30.3 Å². The van der Waals surface area contributed by atoms with Crippen molar-refractivity contribution in [1.82, 2.24) is 0 Å². The van der Waals surface area contributed by atoms with Gasteiger partial charge in [-0.2, -0.15) is 12.6 Å². The molecule has 2 N–H and O–H groups in total. The molecule has 0 aliphatic carbocycles. The molecule has 0 bridgehead atoms. The van der Waals surface area contributed by atoms with Crippen LogP contribution in [0.5, 0.6) is 5.75 Å². The highest BCUT2D eigenvalue weighted by molar-refractivity contribution is 7.80. The van der Waals surface area contributed by atoms with Crippen LogP contribution in [0.15, 0.2) is 30.3 Å². The van der Waals surface area contributed by atoms with Crippen molar-refractivity contribution < 1.29 is 4.74 Å². The lowest BCUT2D eigenvalue weighted by atomic mass is 10.3. The van der Waals surface area contributed by atoms with E-state index in [0.717, 1.165) is 12.2 Å². The molecule has 0 saturated carbocycles. The van der Waals surface area contributed by atoms with Gasteiger partial charge in [-0.1, -0.05) is 18.2 Å². The molecule has 0 aromatic heterocycles. The van der Waals surface area contributed by atoms with Crippen molar-refractivity contribution in [3.8, 4) is 5.75 Å². The van der Waals surface area contributed by atoms with Crippen LogP contribution in [0.25, 0.3) is 0 Å².